The molecule has 1 aromatic carbocycles. The standard InChI is InChI=1S/C21H24F2N6O3/c1-27-19(30)17-18(29(21(27)31)13-14-6-7-15(22)16(23)12-14)25-26-20(24-17)32-11-5-10-28-8-3-2-4-9-28/h6-7,12H,2-5,8-11,13H2,1H3. The van der Waals surface area contributed by atoms with Crippen LogP contribution >= 0.6 is 0 Å². The molecule has 32 heavy (non-hydrogen) atoms. The molecule has 1 fully saturated rings. The van der Waals surface area contributed by atoms with Gasteiger partial charge in [0.2, 0.25) is 0 Å². The lowest BCUT2D eigenvalue weighted by Gasteiger charge is -2.26. The van der Waals surface area contributed by atoms with Gasteiger partial charge in [-0.15, -0.1) is 5.10 Å². The summed E-state index contributed by atoms with van der Waals surface area (Å²) in [6, 6.07) is 3.26. The molecule has 11 heteroatoms. The zero-order valence-corrected chi connectivity index (χ0v) is 17.8. The fourth-order valence-corrected chi connectivity index (χ4v) is 3.81. The molecule has 1 aliphatic rings. The Kier molecular flexibility index (Phi) is 6.54. The van der Waals surface area contributed by atoms with E-state index in [9.17, 15) is 18.4 Å². The molecule has 4 rings (SSSR count). The number of benzene rings is 1. The van der Waals surface area contributed by atoms with Crippen molar-refractivity contribution in [2.75, 3.05) is 26.2 Å². The van der Waals surface area contributed by atoms with E-state index in [0.717, 1.165) is 47.3 Å². The van der Waals surface area contributed by atoms with Crippen LogP contribution in [0.25, 0.3) is 11.2 Å². The Morgan fingerprint density at radius 1 is 1.06 bits per heavy atom. The first-order valence-corrected chi connectivity index (χ1v) is 10.6. The molecular formula is C21H24F2N6O3. The number of ether oxygens (including phenoxy) is 1. The maximum Gasteiger partial charge on any atom is 0.336 e. The van der Waals surface area contributed by atoms with E-state index >= 15 is 0 Å². The molecule has 2 aromatic heterocycles. The van der Waals surface area contributed by atoms with Crippen molar-refractivity contribution >= 4 is 11.2 Å². The highest BCUT2D eigenvalue weighted by Crippen LogP contribution is 2.13. The molecule has 0 spiro atoms. The summed E-state index contributed by atoms with van der Waals surface area (Å²) in [6.45, 7) is 3.35. The van der Waals surface area contributed by atoms with Crippen molar-refractivity contribution in [3.8, 4) is 6.01 Å². The normalized spacial score (nSPS) is 14.7. The van der Waals surface area contributed by atoms with Gasteiger partial charge in [0.05, 0.1) is 13.2 Å². The third-order valence-electron chi connectivity index (χ3n) is 5.55. The Labute approximate surface area is 182 Å². The van der Waals surface area contributed by atoms with E-state index in [0.29, 0.717) is 12.2 Å². The maximum atomic E-state index is 13.6. The summed E-state index contributed by atoms with van der Waals surface area (Å²) in [6.07, 6.45) is 4.50. The minimum atomic E-state index is -1.03. The summed E-state index contributed by atoms with van der Waals surface area (Å²) < 4.78 is 34.4. The number of hydrogen-bond donors (Lipinski definition) is 0. The monoisotopic (exact) mass is 446 g/mol. The third kappa shape index (κ3) is 4.67. The summed E-state index contributed by atoms with van der Waals surface area (Å²) in [5, 5.41) is 7.88. The van der Waals surface area contributed by atoms with E-state index in [-0.39, 0.29) is 23.7 Å². The van der Waals surface area contributed by atoms with Crippen LogP contribution in [0.5, 0.6) is 6.01 Å². The minimum absolute atomic E-state index is 0.0498. The van der Waals surface area contributed by atoms with Gasteiger partial charge < -0.3 is 9.64 Å². The molecule has 3 heterocycles. The smallest absolute Gasteiger partial charge is 0.336 e. The topological polar surface area (TPSA) is 95.1 Å². The summed E-state index contributed by atoms with van der Waals surface area (Å²) in [4.78, 5) is 31.8. The lowest BCUT2D eigenvalue weighted by Crippen LogP contribution is -2.39. The number of nitrogens with zero attached hydrogens (tertiary/aromatic N) is 6. The number of rotatable bonds is 7. The highest BCUT2D eigenvalue weighted by molar-refractivity contribution is 5.68. The quantitative estimate of drug-likeness (QED) is 0.507. The molecule has 0 radical (unpaired) electrons. The second-order valence-electron chi connectivity index (χ2n) is 7.85. The van der Waals surface area contributed by atoms with Gasteiger partial charge >= 0.3 is 11.7 Å². The van der Waals surface area contributed by atoms with Gasteiger partial charge in [-0.3, -0.25) is 13.9 Å². The van der Waals surface area contributed by atoms with Crippen molar-refractivity contribution in [1.29, 1.82) is 0 Å². The molecule has 0 aliphatic carbocycles. The molecular weight excluding hydrogens is 422 g/mol. The Bertz CT molecular complexity index is 1240. The molecule has 170 valence electrons. The van der Waals surface area contributed by atoms with Crippen molar-refractivity contribution in [3.05, 3.63) is 56.2 Å². The first-order chi connectivity index (χ1) is 15.4. The van der Waals surface area contributed by atoms with Crippen LogP contribution < -0.4 is 16.0 Å². The number of piperidine rings is 1. The van der Waals surface area contributed by atoms with Crippen LogP contribution in [0.1, 0.15) is 31.2 Å². The van der Waals surface area contributed by atoms with Crippen LogP contribution in [-0.4, -0.2) is 55.5 Å². The van der Waals surface area contributed by atoms with Crippen LogP contribution in [0.2, 0.25) is 0 Å². The van der Waals surface area contributed by atoms with Gasteiger partial charge in [0, 0.05) is 13.6 Å². The molecule has 1 saturated heterocycles. The lowest BCUT2D eigenvalue weighted by atomic mass is 10.1. The molecule has 0 atom stereocenters. The lowest BCUT2D eigenvalue weighted by molar-refractivity contribution is 0.200. The summed E-state index contributed by atoms with van der Waals surface area (Å²) in [5.41, 5.74) is -1.12. The van der Waals surface area contributed by atoms with Crippen LogP contribution in [0.3, 0.4) is 0 Å². The minimum Gasteiger partial charge on any atom is -0.462 e. The highest BCUT2D eigenvalue weighted by atomic mass is 19.2. The molecule has 0 saturated carbocycles. The zero-order valence-electron chi connectivity index (χ0n) is 17.8. The van der Waals surface area contributed by atoms with Gasteiger partial charge in [0.15, 0.2) is 22.8 Å². The molecule has 9 nitrogen and oxygen atoms in total. The molecule has 1 aliphatic heterocycles. The van der Waals surface area contributed by atoms with E-state index in [2.05, 4.69) is 20.1 Å². The summed E-state index contributed by atoms with van der Waals surface area (Å²) >= 11 is 0. The van der Waals surface area contributed by atoms with Crippen molar-refractivity contribution in [2.24, 2.45) is 7.05 Å². The van der Waals surface area contributed by atoms with Gasteiger partial charge in [-0.2, -0.15) is 4.98 Å². The number of hydrogen-bond acceptors (Lipinski definition) is 7. The van der Waals surface area contributed by atoms with Gasteiger partial charge in [-0.25, -0.2) is 13.6 Å². The Hall–Kier alpha value is -3.21. The first kappa shape index (κ1) is 22.0. The van der Waals surface area contributed by atoms with Crippen LogP contribution in [0.15, 0.2) is 27.8 Å². The number of fused-ring (bicyclic) bond motifs is 1. The van der Waals surface area contributed by atoms with E-state index in [1.165, 1.54) is 32.4 Å². The molecule has 0 unspecified atom stereocenters. The molecule has 3 aromatic rings. The van der Waals surface area contributed by atoms with Crippen LogP contribution in [0.4, 0.5) is 8.78 Å². The van der Waals surface area contributed by atoms with Crippen molar-refractivity contribution in [1.82, 2.24) is 29.2 Å². The number of aromatic nitrogens is 5. The fraction of sp³-hybridized carbons (Fsp3) is 0.476. The van der Waals surface area contributed by atoms with Gasteiger partial charge in [-0.1, -0.05) is 17.6 Å². The average molecular weight is 446 g/mol. The van der Waals surface area contributed by atoms with Gasteiger partial charge in [-0.05, 0) is 50.0 Å². The Morgan fingerprint density at radius 2 is 1.84 bits per heavy atom. The Balaban J connectivity index is 1.55. The molecule has 0 bridgehead atoms. The summed E-state index contributed by atoms with van der Waals surface area (Å²) in [7, 11) is 1.31. The van der Waals surface area contributed by atoms with Gasteiger partial charge in [0.25, 0.3) is 5.56 Å². The van der Waals surface area contributed by atoms with E-state index in [1.807, 2.05) is 0 Å². The van der Waals surface area contributed by atoms with Crippen LogP contribution in [-0.2, 0) is 13.6 Å². The molecule has 0 amide bonds. The fourth-order valence-electron chi connectivity index (χ4n) is 3.81. The van der Waals surface area contributed by atoms with Gasteiger partial charge in [0.1, 0.15) is 0 Å². The summed E-state index contributed by atoms with van der Waals surface area (Å²) in [5.74, 6) is -2.02. The second kappa shape index (κ2) is 9.51. The molecule has 0 N–H and O–H groups in total. The predicted molar refractivity (Wildman–Crippen MR) is 113 cm³/mol. The highest BCUT2D eigenvalue weighted by Gasteiger charge is 2.17. The zero-order chi connectivity index (χ0) is 22.7. The van der Waals surface area contributed by atoms with Crippen molar-refractivity contribution in [3.63, 3.8) is 0 Å². The first-order valence-electron chi connectivity index (χ1n) is 10.6. The SMILES string of the molecule is Cn1c(=O)c2nc(OCCCN3CCCCC3)nnc2n(Cc2ccc(F)c(F)c2)c1=O. The third-order valence-corrected chi connectivity index (χ3v) is 5.55. The maximum absolute atomic E-state index is 13.6. The number of likely N-dealkylation sites (tertiary alicyclic amines) is 1. The average Bonchev–Trinajstić information content (AvgIpc) is 2.81. The number of halogens is 2. The Morgan fingerprint density at radius 3 is 2.59 bits per heavy atom. The van der Waals surface area contributed by atoms with E-state index < -0.39 is 22.9 Å². The van der Waals surface area contributed by atoms with Crippen LogP contribution in [0, 0.1) is 11.6 Å². The van der Waals surface area contributed by atoms with Crippen molar-refractivity contribution < 1.29 is 13.5 Å². The van der Waals surface area contributed by atoms with Crippen molar-refractivity contribution in [2.45, 2.75) is 32.2 Å². The van der Waals surface area contributed by atoms with E-state index in [4.69, 9.17) is 4.74 Å². The largest absolute Gasteiger partial charge is 0.462 e. The van der Waals surface area contributed by atoms with E-state index in [1.54, 1.807) is 0 Å². The predicted octanol–water partition coefficient (Wildman–Crippen LogP) is 1.47. The second-order valence-corrected chi connectivity index (χ2v) is 7.85.